The number of carbonyl (C=O) groups excluding carboxylic acids is 4. The number of likely N-dealkylation sites (tertiary alicyclic amines) is 1. The van der Waals surface area contributed by atoms with Crippen LogP contribution in [-0.2, 0) is 23.9 Å². The van der Waals surface area contributed by atoms with E-state index < -0.39 is 5.97 Å². The first-order valence-corrected chi connectivity index (χ1v) is 9.92. The van der Waals surface area contributed by atoms with E-state index >= 15 is 0 Å². The summed E-state index contributed by atoms with van der Waals surface area (Å²) in [5.41, 5.74) is 0. The van der Waals surface area contributed by atoms with Gasteiger partial charge in [-0.2, -0.15) is 0 Å². The minimum absolute atomic E-state index is 0.0476. The van der Waals surface area contributed by atoms with Gasteiger partial charge in [0.05, 0.1) is 23.8 Å². The average Bonchev–Trinajstić information content (AvgIpc) is 3.11. The highest BCUT2D eigenvalue weighted by Gasteiger charge is 2.28. The van der Waals surface area contributed by atoms with E-state index in [9.17, 15) is 19.2 Å². The first kappa shape index (κ1) is 21.1. The number of Topliss-reactive ketones (excluding diaryl/α,β-unsaturated/α-hetero) is 1. The van der Waals surface area contributed by atoms with Gasteiger partial charge in [0.25, 0.3) is 5.91 Å². The standard InChI is InChI=1S/C19H25NO6S/c1-3-25-19(24)14-8-10-20(11-9-14)17(22)12-26-18(23)7-5-15(21)16-6-4-13(2)27-16/h4,6,14H,3,5,7-12H2,1-2H3. The summed E-state index contributed by atoms with van der Waals surface area (Å²) in [5.74, 6) is -1.35. The average molecular weight is 395 g/mol. The van der Waals surface area contributed by atoms with Gasteiger partial charge in [0.1, 0.15) is 0 Å². The van der Waals surface area contributed by atoms with Gasteiger partial charge in [-0.05, 0) is 38.8 Å². The summed E-state index contributed by atoms with van der Waals surface area (Å²) in [7, 11) is 0. The first-order valence-electron chi connectivity index (χ1n) is 9.10. The molecule has 27 heavy (non-hydrogen) atoms. The quantitative estimate of drug-likeness (QED) is 0.496. The number of ketones is 1. The van der Waals surface area contributed by atoms with Crippen molar-refractivity contribution in [1.29, 1.82) is 0 Å². The molecule has 1 saturated heterocycles. The summed E-state index contributed by atoms with van der Waals surface area (Å²) in [5, 5.41) is 0. The molecule has 0 spiro atoms. The number of ether oxygens (including phenoxy) is 2. The number of nitrogens with zero attached hydrogens (tertiary/aromatic N) is 1. The largest absolute Gasteiger partial charge is 0.466 e. The molecule has 8 heteroatoms. The molecule has 1 amide bonds. The number of carbonyl (C=O) groups is 4. The van der Waals surface area contributed by atoms with E-state index in [4.69, 9.17) is 9.47 Å². The third-order valence-corrected chi connectivity index (χ3v) is 5.44. The molecule has 1 aliphatic rings. The van der Waals surface area contributed by atoms with Gasteiger partial charge in [-0.25, -0.2) is 0 Å². The first-order chi connectivity index (χ1) is 12.9. The fourth-order valence-corrected chi connectivity index (χ4v) is 3.69. The molecule has 7 nitrogen and oxygen atoms in total. The number of hydrogen-bond acceptors (Lipinski definition) is 7. The molecule has 0 aromatic carbocycles. The van der Waals surface area contributed by atoms with Crippen LogP contribution in [0.2, 0.25) is 0 Å². The molecular formula is C19H25NO6S. The van der Waals surface area contributed by atoms with Crippen LogP contribution in [0.4, 0.5) is 0 Å². The zero-order valence-electron chi connectivity index (χ0n) is 15.7. The van der Waals surface area contributed by atoms with E-state index in [2.05, 4.69) is 0 Å². The lowest BCUT2D eigenvalue weighted by Gasteiger charge is -2.30. The Morgan fingerprint density at radius 1 is 1.11 bits per heavy atom. The van der Waals surface area contributed by atoms with Crippen molar-refractivity contribution in [2.75, 3.05) is 26.3 Å². The van der Waals surface area contributed by atoms with E-state index in [0.29, 0.717) is 37.4 Å². The third-order valence-electron chi connectivity index (χ3n) is 4.40. The van der Waals surface area contributed by atoms with E-state index in [0.717, 1.165) is 4.88 Å². The van der Waals surface area contributed by atoms with E-state index in [1.165, 1.54) is 11.3 Å². The number of rotatable bonds is 8. The van der Waals surface area contributed by atoms with Gasteiger partial charge in [-0.3, -0.25) is 19.2 Å². The maximum atomic E-state index is 12.1. The molecule has 1 aromatic heterocycles. The van der Waals surface area contributed by atoms with Crippen LogP contribution in [0.15, 0.2) is 12.1 Å². The molecule has 2 heterocycles. The van der Waals surface area contributed by atoms with Gasteiger partial charge in [0.2, 0.25) is 0 Å². The van der Waals surface area contributed by atoms with Crippen molar-refractivity contribution in [3.05, 3.63) is 21.9 Å². The van der Waals surface area contributed by atoms with Crippen molar-refractivity contribution in [2.45, 2.75) is 39.5 Å². The number of thiophene rings is 1. The Bertz CT molecular complexity index is 690. The Balaban J connectivity index is 1.66. The second-order valence-electron chi connectivity index (χ2n) is 6.40. The maximum Gasteiger partial charge on any atom is 0.309 e. The summed E-state index contributed by atoms with van der Waals surface area (Å²) >= 11 is 1.39. The number of hydrogen-bond donors (Lipinski definition) is 0. The third kappa shape index (κ3) is 6.46. The second kappa shape index (κ2) is 10.2. The Morgan fingerprint density at radius 3 is 2.41 bits per heavy atom. The fourth-order valence-electron chi connectivity index (χ4n) is 2.85. The molecule has 1 fully saturated rings. The van der Waals surface area contributed by atoms with Gasteiger partial charge in [-0.1, -0.05) is 0 Å². The normalized spacial score (nSPS) is 14.7. The summed E-state index contributed by atoms with van der Waals surface area (Å²) < 4.78 is 9.99. The van der Waals surface area contributed by atoms with Gasteiger partial charge in [0.15, 0.2) is 12.4 Å². The van der Waals surface area contributed by atoms with Crippen LogP contribution in [-0.4, -0.2) is 54.8 Å². The molecule has 0 atom stereocenters. The van der Waals surface area contributed by atoms with Crippen molar-refractivity contribution in [1.82, 2.24) is 4.90 Å². The lowest BCUT2D eigenvalue weighted by Crippen LogP contribution is -2.42. The lowest BCUT2D eigenvalue weighted by molar-refractivity contribution is -0.154. The van der Waals surface area contributed by atoms with Crippen LogP contribution < -0.4 is 0 Å². The van der Waals surface area contributed by atoms with Gasteiger partial charge in [0, 0.05) is 24.4 Å². The van der Waals surface area contributed by atoms with E-state index in [-0.39, 0.29) is 43.0 Å². The predicted octanol–water partition coefficient (Wildman–Crippen LogP) is 2.36. The van der Waals surface area contributed by atoms with E-state index in [1.54, 1.807) is 17.9 Å². The zero-order valence-corrected chi connectivity index (χ0v) is 16.5. The van der Waals surface area contributed by atoms with E-state index in [1.807, 2.05) is 13.0 Å². The number of aryl methyl sites for hydroxylation is 1. The van der Waals surface area contributed by atoms with Gasteiger partial charge in [-0.15, -0.1) is 11.3 Å². The molecular weight excluding hydrogens is 370 g/mol. The number of piperidine rings is 1. The monoisotopic (exact) mass is 395 g/mol. The summed E-state index contributed by atoms with van der Waals surface area (Å²) in [6, 6.07) is 3.61. The lowest BCUT2D eigenvalue weighted by atomic mass is 9.97. The number of amides is 1. The molecule has 2 rings (SSSR count). The molecule has 0 unspecified atom stereocenters. The topological polar surface area (TPSA) is 90.0 Å². The Labute approximate surface area is 162 Å². The van der Waals surface area contributed by atoms with Gasteiger partial charge < -0.3 is 14.4 Å². The zero-order chi connectivity index (χ0) is 19.8. The highest BCUT2D eigenvalue weighted by molar-refractivity contribution is 7.14. The summed E-state index contributed by atoms with van der Waals surface area (Å²) in [6.07, 6.45) is 1.12. The summed E-state index contributed by atoms with van der Waals surface area (Å²) in [6.45, 7) is 4.57. The summed E-state index contributed by atoms with van der Waals surface area (Å²) in [4.78, 5) is 50.8. The molecule has 0 aliphatic carbocycles. The minimum atomic E-state index is -0.564. The molecule has 0 N–H and O–H groups in total. The Kier molecular flexibility index (Phi) is 7.97. The van der Waals surface area contributed by atoms with Crippen LogP contribution in [0.5, 0.6) is 0 Å². The molecule has 0 saturated carbocycles. The van der Waals surface area contributed by atoms with Crippen molar-refractivity contribution in [2.24, 2.45) is 5.92 Å². The Morgan fingerprint density at radius 2 is 1.81 bits per heavy atom. The van der Waals surface area contributed by atoms with Crippen molar-refractivity contribution >= 4 is 35.0 Å². The van der Waals surface area contributed by atoms with Crippen LogP contribution in [0.3, 0.4) is 0 Å². The van der Waals surface area contributed by atoms with Gasteiger partial charge >= 0.3 is 11.9 Å². The Hall–Kier alpha value is -2.22. The van der Waals surface area contributed by atoms with Crippen LogP contribution in [0.1, 0.15) is 47.2 Å². The fraction of sp³-hybridized carbons (Fsp3) is 0.579. The minimum Gasteiger partial charge on any atom is -0.466 e. The highest BCUT2D eigenvalue weighted by atomic mass is 32.1. The van der Waals surface area contributed by atoms with Crippen LogP contribution >= 0.6 is 11.3 Å². The van der Waals surface area contributed by atoms with Crippen molar-refractivity contribution in [3.8, 4) is 0 Å². The molecule has 0 bridgehead atoms. The SMILES string of the molecule is CCOC(=O)C1CCN(C(=O)COC(=O)CCC(=O)c2ccc(C)s2)CC1. The second-order valence-corrected chi connectivity index (χ2v) is 7.69. The molecule has 0 radical (unpaired) electrons. The number of esters is 2. The van der Waals surface area contributed by atoms with Crippen molar-refractivity contribution in [3.63, 3.8) is 0 Å². The molecule has 148 valence electrons. The molecule has 1 aromatic rings. The van der Waals surface area contributed by atoms with Crippen molar-refractivity contribution < 1.29 is 28.7 Å². The maximum absolute atomic E-state index is 12.1. The smallest absolute Gasteiger partial charge is 0.309 e. The highest BCUT2D eigenvalue weighted by Crippen LogP contribution is 2.19. The van der Waals surface area contributed by atoms with Crippen LogP contribution in [0, 0.1) is 12.8 Å². The molecule has 1 aliphatic heterocycles. The van der Waals surface area contributed by atoms with Crippen LogP contribution in [0.25, 0.3) is 0 Å². The predicted molar refractivity (Wildman–Crippen MR) is 99.5 cm³/mol.